The quantitative estimate of drug-likeness (QED) is 0.110. The molecule has 0 fully saturated rings. The molecule has 0 aliphatic rings. The second-order valence-corrected chi connectivity index (χ2v) is 19.3. The highest BCUT2D eigenvalue weighted by atomic mass is 32.1. The molecule has 0 radical (unpaired) electrons. The molecule has 0 spiro atoms. The van der Waals surface area contributed by atoms with Crippen molar-refractivity contribution < 1.29 is 4.42 Å². The maximum absolute atomic E-state index is 7.19. The highest BCUT2D eigenvalue weighted by Crippen LogP contribution is 2.46. The third-order valence-electron chi connectivity index (χ3n) is 13.0. The van der Waals surface area contributed by atoms with Crippen LogP contribution in [0.25, 0.3) is 109 Å². The monoisotopic (exact) mass is 921 g/mol. The average molecular weight is 922 g/mol. The SMILES string of the molecule is C=Cc1sc2cc(-c3cccc4sc5cccc(-c6ccc7oc8cccc(C(N)=NC(=NCc9cccc(-c%10ccccc%10)c9)c9cccc(-c%10ccccc%10)c9)c8c7c6)c5c34)ccc2c1C=C. The van der Waals surface area contributed by atoms with E-state index < -0.39 is 0 Å². The Kier molecular flexibility index (Phi) is 10.7. The van der Waals surface area contributed by atoms with Gasteiger partial charge in [-0.3, -0.25) is 4.99 Å². The van der Waals surface area contributed by atoms with E-state index in [1.54, 1.807) is 11.3 Å². The summed E-state index contributed by atoms with van der Waals surface area (Å²) in [5, 5.41) is 5.57. The molecule has 3 aromatic heterocycles. The predicted octanol–water partition coefficient (Wildman–Crippen LogP) is 17.5. The Morgan fingerprint density at radius 3 is 1.84 bits per heavy atom. The minimum absolute atomic E-state index is 0.356. The number of hydrogen-bond donors (Lipinski definition) is 1. The first-order valence-electron chi connectivity index (χ1n) is 22.9. The number of furan rings is 1. The van der Waals surface area contributed by atoms with Gasteiger partial charge in [-0.15, -0.1) is 22.7 Å². The van der Waals surface area contributed by atoms with E-state index >= 15 is 0 Å². The van der Waals surface area contributed by atoms with Crippen molar-refractivity contribution in [2.45, 2.75) is 6.54 Å². The van der Waals surface area contributed by atoms with Crippen LogP contribution < -0.4 is 5.73 Å². The molecule has 4 nitrogen and oxygen atoms in total. The van der Waals surface area contributed by atoms with E-state index in [9.17, 15) is 0 Å². The molecule has 0 amide bonds. The van der Waals surface area contributed by atoms with Gasteiger partial charge >= 0.3 is 0 Å². The van der Waals surface area contributed by atoms with Crippen LogP contribution in [-0.2, 0) is 6.54 Å². The van der Waals surface area contributed by atoms with E-state index in [0.29, 0.717) is 18.2 Å². The van der Waals surface area contributed by atoms with E-state index in [0.717, 1.165) is 82.5 Å². The summed E-state index contributed by atoms with van der Waals surface area (Å²) < 4.78 is 10.3. The largest absolute Gasteiger partial charge is 0.456 e. The van der Waals surface area contributed by atoms with Crippen LogP contribution in [-0.4, -0.2) is 11.7 Å². The van der Waals surface area contributed by atoms with Crippen LogP contribution in [0, 0.1) is 0 Å². The van der Waals surface area contributed by atoms with Gasteiger partial charge in [-0.1, -0.05) is 177 Å². The molecule has 9 aromatic carbocycles. The van der Waals surface area contributed by atoms with Crippen molar-refractivity contribution in [3.63, 3.8) is 0 Å². The van der Waals surface area contributed by atoms with E-state index in [-0.39, 0.29) is 0 Å². The lowest BCUT2D eigenvalue weighted by Crippen LogP contribution is -2.17. The lowest BCUT2D eigenvalue weighted by Gasteiger charge is -2.10. The Morgan fingerprint density at radius 1 is 0.493 bits per heavy atom. The molecule has 0 atom stereocenters. The van der Waals surface area contributed by atoms with Crippen LogP contribution in [0.4, 0.5) is 0 Å². The first-order chi connectivity index (χ1) is 34.0. The maximum atomic E-state index is 7.19. The van der Waals surface area contributed by atoms with Crippen LogP contribution in [0.2, 0.25) is 0 Å². The van der Waals surface area contributed by atoms with Gasteiger partial charge in [-0.2, -0.15) is 0 Å². The van der Waals surface area contributed by atoms with Crippen LogP contribution in [0.3, 0.4) is 0 Å². The molecule has 0 unspecified atom stereocenters. The second-order valence-electron chi connectivity index (χ2n) is 17.1. The van der Waals surface area contributed by atoms with Crippen molar-refractivity contribution >= 4 is 98.7 Å². The number of hydrogen-bond acceptors (Lipinski definition) is 4. The van der Waals surface area contributed by atoms with Crippen molar-refractivity contribution in [2.24, 2.45) is 15.7 Å². The molecular formula is C63H43N3OS2. The molecule has 0 bridgehead atoms. The lowest BCUT2D eigenvalue weighted by atomic mass is 9.93. The van der Waals surface area contributed by atoms with E-state index in [1.807, 2.05) is 53.8 Å². The smallest absolute Gasteiger partial charge is 0.157 e. The number of nitrogens with zero attached hydrogens (tertiary/aromatic N) is 2. The third-order valence-corrected chi connectivity index (χ3v) is 15.2. The average Bonchev–Trinajstić information content (AvgIpc) is 4.11. The molecule has 328 valence electrons. The number of fused-ring (bicyclic) bond motifs is 7. The van der Waals surface area contributed by atoms with Crippen molar-refractivity contribution in [1.29, 1.82) is 0 Å². The summed E-state index contributed by atoms with van der Waals surface area (Å²) in [5.74, 6) is 0.905. The Bertz CT molecular complexity index is 4040. The zero-order valence-electron chi connectivity index (χ0n) is 37.5. The van der Waals surface area contributed by atoms with Gasteiger partial charge in [0, 0.05) is 57.0 Å². The summed E-state index contributed by atoms with van der Waals surface area (Å²) >= 11 is 3.59. The fraction of sp³-hybridized carbons (Fsp3) is 0.0159. The highest BCUT2D eigenvalue weighted by Gasteiger charge is 2.20. The van der Waals surface area contributed by atoms with Gasteiger partial charge < -0.3 is 10.2 Å². The van der Waals surface area contributed by atoms with Crippen molar-refractivity contribution in [3.05, 3.63) is 240 Å². The third kappa shape index (κ3) is 7.66. The highest BCUT2D eigenvalue weighted by molar-refractivity contribution is 7.26. The van der Waals surface area contributed by atoms with Crippen LogP contribution in [0.5, 0.6) is 0 Å². The topological polar surface area (TPSA) is 63.9 Å². The van der Waals surface area contributed by atoms with E-state index in [2.05, 4.69) is 183 Å². The normalized spacial score (nSPS) is 12.2. The fourth-order valence-corrected chi connectivity index (χ4v) is 12.0. The van der Waals surface area contributed by atoms with Gasteiger partial charge in [0.1, 0.15) is 17.0 Å². The van der Waals surface area contributed by atoms with Gasteiger partial charge in [0.25, 0.3) is 0 Å². The van der Waals surface area contributed by atoms with E-state index in [1.165, 1.54) is 41.4 Å². The number of aliphatic imine (C=N–C) groups is 2. The fourth-order valence-electron chi connectivity index (χ4n) is 9.70. The molecule has 6 heteroatoms. The molecule has 12 aromatic rings. The second kappa shape index (κ2) is 17.7. The molecule has 2 N–H and O–H groups in total. The minimum Gasteiger partial charge on any atom is -0.456 e. The first kappa shape index (κ1) is 42.0. The van der Waals surface area contributed by atoms with Gasteiger partial charge in [-0.25, -0.2) is 4.99 Å². The summed E-state index contributed by atoms with van der Waals surface area (Å²) in [6.45, 7) is 8.58. The predicted molar refractivity (Wildman–Crippen MR) is 298 cm³/mol. The number of thiophene rings is 2. The van der Waals surface area contributed by atoms with Crippen LogP contribution >= 0.6 is 22.7 Å². The Balaban J connectivity index is 0.979. The summed E-state index contributed by atoms with van der Waals surface area (Å²) in [6, 6.07) is 70.3. The summed E-state index contributed by atoms with van der Waals surface area (Å²) in [6.07, 6.45) is 3.86. The number of rotatable bonds is 10. The molecule has 0 saturated carbocycles. The standard InChI is InChI=1S/C63H43N3OS2/c1-3-47-50-32-30-45(37-58(50)68-55(47)4-2)49-25-15-29-57-61(49)60-48(24-14-28-56(60)69-57)44-31-33-53-52(36-44)59-51(26-13-27-54(59)67-53)62(64)66-63(46-23-12-22-43(35-46)41-19-9-6-10-20-41)65-38-39-16-11-21-42(34-39)40-17-7-5-8-18-40/h3-37H,1-2,38H2,(H2,64,65,66). The first-order valence-corrected chi connectivity index (χ1v) is 24.6. The molecule has 12 rings (SSSR count). The molecule has 3 heterocycles. The Hall–Kier alpha value is -8.42. The summed E-state index contributed by atoms with van der Waals surface area (Å²) in [4.78, 5) is 11.5. The van der Waals surface area contributed by atoms with Gasteiger partial charge in [0.05, 0.1) is 6.54 Å². The van der Waals surface area contributed by atoms with Crippen LogP contribution in [0.1, 0.15) is 27.1 Å². The molecule has 0 saturated heterocycles. The molecule has 69 heavy (non-hydrogen) atoms. The Labute approximate surface area is 408 Å². The summed E-state index contributed by atoms with van der Waals surface area (Å²) in [7, 11) is 0. The van der Waals surface area contributed by atoms with Crippen molar-refractivity contribution in [2.75, 3.05) is 0 Å². The number of amidine groups is 2. The van der Waals surface area contributed by atoms with E-state index in [4.69, 9.17) is 20.1 Å². The molecule has 0 aliphatic heterocycles. The van der Waals surface area contributed by atoms with Gasteiger partial charge in [0.15, 0.2) is 5.84 Å². The van der Waals surface area contributed by atoms with Crippen LogP contribution in [0.15, 0.2) is 228 Å². The zero-order valence-corrected chi connectivity index (χ0v) is 39.2. The van der Waals surface area contributed by atoms with Crippen molar-refractivity contribution in [3.8, 4) is 44.5 Å². The van der Waals surface area contributed by atoms with Crippen molar-refractivity contribution in [1.82, 2.24) is 0 Å². The van der Waals surface area contributed by atoms with Gasteiger partial charge in [0.2, 0.25) is 0 Å². The number of benzene rings is 9. The maximum Gasteiger partial charge on any atom is 0.157 e. The molecule has 0 aliphatic carbocycles. The number of nitrogens with two attached hydrogens (primary N) is 1. The summed E-state index contributed by atoms with van der Waals surface area (Å²) in [5.41, 5.74) is 21.7. The minimum atomic E-state index is 0.356. The lowest BCUT2D eigenvalue weighted by molar-refractivity contribution is 0.669. The van der Waals surface area contributed by atoms with Gasteiger partial charge in [-0.05, 0) is 104 Å². The Morgan fingerprint density at radius 2 is 1.13 bits per heavy atom. The molecular weight excluding hydrogens is 879 g/mol. The zero-order chi connectivity index (χ0) is 46.4.